The van der Waals surface area contributed by atoms with Gasteiger partial charge in [-0.25, -0.2) is 4.98 Å². The SMILES string of the molecule is CCOc1ccc(C(=O)N2CCC3(CCN(C(=O)c4cc(CC)[nH]n4)C3)C2)cn1. The van der Waals surface area contributed by atoms with Crippen LogP contribution in [0.2, 0.25) is 0 Å². The van der Waals surface area contributed by atoms with Crippen LogP contribution in [0.4, 0.5) is 0 Å². The highest BCUT2D eigenvalue weighted by Crippen LogP contribution is 2.40. The number of hydrogen-bond acceptors (Lipinski definition) is 5. The first-order chi connectivity index (χ1) is 14.0. The van der Waals surface area contributed by atoms with E-state index in [1.807, 2.05) is 29.7 Å². The molecule has 154 valence electrons. The largest absolute Gasteiger partial charge is 0.478 e. The van der Waals surface area contributed by atoms with Crippen LogP contribution >= 0.6 is 0 Å². The van der Waals surface area contributed by atoms with Gasteiger partial charge in [0.15, 0.2) is 0 Å². The Morgan fingerprint density at radius 3 is 2.45 bits per heavy atom. The Morgan fingerprint density at radius 1 is 1.14 bits per heavy atom. The maximum Gasteiger partial charge on any atom is 0.274 e. The Bertz CT molecular complexity index is 894. The number of aromatic nitrogens is 3. The number of rotatable bonds is 5. The van der Waals surface area contributed by atoms with Crippen LogP contribution in [0.1, 0.15) is 53.2 Å². The van der Waals surface area contributed by atoms with E-state index in [-0.39, 0.29) is 17.2 Å². The summed E-state index contributed by atoms with van der Waals surface area (Å²) in [5, 5.41) is 7.06. The van der Waals surface area contributed by atoms with Gasteiger partial charge in [-0.2, -0.15) is 5.10 Å². The van der Waals surface area contributed by atoms with Crippen LogP contribution in [-0.4, -0.2) is 69.6 Å². The van der Waals surface area contributed by atoms with E-state index in [2.05, 4.69) is 15.2 Å². The number of pyridine rings is 1. The van der Waals surface area contributed by atoms with E-state index < -0.39 is 0 Å². The van der Waals surface area contributed by atoms with Gasteiger partial charge in [0.25, 0.3) is 11.8 Å². The standard InChI is InChI=1S/C21H27N5O3/c1-3-16-11-17(24-23-16)20(28)26-10-8-21(14-26)7-9-25(13-21)19(27)15-5-6-18(22-12-15)29-4-2/h5-6,11-12H,3-4,7-10,13-14H2,1-2H3,(H,23,24). The Morgan fingerprint density at radius 2 is 1.86 bits per heavy atom. The third-order valence-electron chi connectivity index (χ3n) is 5.96. The predicted octanol–water partition coefficient (Wildman–Crippen LogP) is 2.14. The zero-order valence-electron chi connectivity index (χ0n) is 17.0. The molecule has 8 nitrogen and oxygen atoms in total. The van der Waals surface area contributed by atoms with Crippen molar-refractivity contribution >= 4 is 11.8 Å². The summed E-state index contributed by atoms with van der Waals surface area (Å²) in [4.78, 5) is 33.6. The Kier molecular flexibility index (Phi) is 5.25. The molecule has 1 atom stereocenters. The number of ether oxygens (including phenoxy) is 1. The van der Waals surface area contributed by atoms with Crippen LogP contribution in [-0.2, 0) is 6.42 Å². The van der Waals surface area contributed by atoms with E-state index in [0.717, 1.165) is 25.0 Å². The molecular formula is C21H27N5O3. The second kappa shape index (κ2) is 7.85. The van der Waals surface area contributed by atoms with Gasteiger partial charge in [-0.3, -0.25) is 14.7 Å². The number of aryl methyl sites for hydroxylation is 1. The fraction of sp³-hybridized carbons (Fsp3) is 0.524. The number of aromatic amines is 1. The molecule has 0 radical (unpaired) electrons. The van der Waals surface area contributed by atoms with Gasteiger partial charge in [0.05, 0.1) is 12.2 Å². The van der Waals surface area contributed by atoms with Crippen molar-refractivity contribution in [2.45, 2.75) is 33.1 Å². The number of nitrogens with zero attached hydrogens (tertiary/aromatic N) is 4. The van der Waals surface area contributed by atoms with Crippen molar-refractivity contribution in [3.63, 3.8) is 0 Å². The molecule has 2 fully saturated rings. The number of hydrogen-bond donors (Lipinski definition) is 1. The number of carbonyl (C=O) groups excluding carboxylic acids is 2. The highest BCUT2D eigenvalue weighted by molar-refractivity contribution is 5.94. The summed E-state index contributed by atoms with van der Waals surface area (Å²) in [6.07, 6.45) is 4.22. The number of amides is 2. The average molecular weight is 397 g/mol. The summed E-state index contributed by atoms with van der Waals surface area (Å²) in [6.45, 7) is 7.22. The lowest BCUT2D eigenvalue weighted by Gasteiger charge is -2.24. The van der Waals surface area contributed by atoms with Gasteiger partial charge in [-0.1, -0.05) is 6.92 Å². The van der Waals surface area contributed by atoms with Crippen LogP contribution in [0.15, 0.2) is 24.4 Å². The summed E-state index contributed by atoms with van der Waals surface area (Å²) < 4.78 is 5.34. The van der Waals surface area contributed by atoms with Crippen molar-refractivity contribution in [3.8, 4) is 5.88 Å². The van der Waals surface area contributed by atoms with Crippen molar-refractivity contribution in [3.05, 3.63) is 41.3 Å². The van der Waals surface area contributed by atoms with E-state index in [9.17, 15) is 9.59 Å². The molecule has 4 heterocycles. The van der Waals surface area contributed by atoms with E-state index in [0.29, 0.717) is 49.9 Å². The molecule has 2 saturated heterocycles. The Balaban J connectivity index is 1.38. The third kappa shape index (κ3) is 3.83. The molecule has 4 rings (SSSR count). The number of carbonyl (C=O) groups is 2. The molecule has 2 aromatic heterocycles. The summed E-state index contributed by atoms with van der Waals surface area (Å²) in [5.41, 5.74) is 1.99. The number of H-pyrrole nitrogens is 1. The van der Waals surface area contributed by atoms with Crippen molar-refractivity contribution < 1.29 is 14.3 Å². The van der Waals surface area contributed by atoms with Crippen molar-refractivity contribution in [2.75, 3.05) is 32.8 Å². The minimum absolute atomic E-state index is 0.0120. The van der Waals surface area contributed by atoms with Crippen LogP contribution in [0, 0.1) is 5.41 Å². The lowest BCUT2D eigenvalue weighted by Crippen LogP contribution is -2.35. The van der Waals surface area contributed by atoms with Gasteiger partial charge >= 0.3 is 0 Å². The zero-order valence-corrected chi connectivity index (χ0v) is 17.0. The molecule has 0 aliphatic carbocycles. The zero-order chi connectivity index (χ0) is 20.4. The number of nitrogens with one attached hydrogen (secondary N) is 1. The molecule has 8 heteroatoms. The van der Waals surface area contributed by atoms with Crippen LogP contribution in [0.5, 0.6) is 5.88 Å². The lowest BCUT2D eigenvalue weighted by atomic mass is 9.86. The monoisotopic (exact) mass is 397 g/mol. The molecule has 1 spiro atoms. The fourth-order valence-corrected chi connectivity index (χ4v) is 4.29. The second-order valence-electron chi connectivity index (χ2n) is 7.90. The van der Waals surface area contributed by atoms with Crippen LogP contribution < -0.4 is 4.74 Å². The summed E-state index contributed by atoms with van der Waals surface area (Å²) in [5.74, 6) is 0.483. The first-order valence-electron chi connectivity index (χ1n) is 10.3. The molecule has 2 amide bonds. The Labute approximate surface area is 170 Å². The second-order valence-corrected chi connectivity index (χ2v) is 7.90. The summed E-state index contributed by atoms with van der Waals surface area (Å²) >= 11 is 0. The van der Waals surface area contributed by atoms with E-state index in [1.54, 1.807) is 18.3 Å². The third-order valence-corrected chi connectivity index (χ3v) is 5.96. The van der Waals surface area contributed by atoms with Gasteiger partial charge in [0, 0.05) is 49.6 Å². The molecule has 1 unspecified atom stereocenters. The van der Waals surface area contributed by atoms with E-state index in [4.69, 9.17) is 4.74 Å². The maximum atomic E-state index is 12.9. The first kappa shape index (κ1) is 19.4. The van der Waals surface area contributed by atoms with Crippen molar-refractivity contribution in [2.24, 2.45) is 5.41 Å². The molecule has 1 N–H and O–H groups in total. The highest BCUT2D eigenvalue weighted by atomic mass is 16.5. The molecule has 29 heavy (non-hydrogen) atoms. The molecule has 2 aliphatic rings. The summed E-state index contributed by atoms with van der Waals surface area (Å²) in [6, 6.07) is 5.32. The predicted molar refractivity (Wildman–Crippen MR) is 107 cm³/mol. The quantitative estimate of drug-likeness (QED) is 0.835. The topological polar surface area (TPSA) is 91.4 Å². The Hall–Kier alpha value is -2.90. The maximum absolute atomic E-state index is 12.9. The minimum atomic E-state index is -0.0293. The summed E-state index contributed by atoms with van der Waals surface area (Å²) in [7, 11) is 0. The molecule has 0 saturated carbocycles. The molecular weight excluding hydrogens is 370 g/mol. The van der Waals surface area contributed by atoms with Crippen molar-refractivity contribution in [1.29, 1.82) is 0 Å². The average Bonchev–Trinajstić information content (AvgIpc) is 3.48. The van der Waals surface area contributed by atoms with Gasteiger partial charge in [-0.05, 0) is 38.3 Å². The van der Waals surface area contributed by atoms with Crippen LogP contribution in [0.3, 0.4) is 0 Å². The van der Waals surface area contributed by atoms with E-state index >= 15 is 0 Å². The van der Waals surface area contributed by atoms with E-state index in [1.165, 1.54) is 0 Å². The molecule has 0 bridgehead atoms. The first-order valence-corrected chi connectivity index (χ1v) is 10.3. The van der Waals surface area contributed by atoms with Crippen molar-refractivity contribution in [1.82, 2.24) is 25.0 Å². The molecule has 2 aromatic rings. The lowest BCUT2D eigenvalue weighted by molar-refractivity contribution is 0.0752. The fourth-order valence-electron chi connectivity index (χ4n) is 4.29. The normalized spacial score (nSPS) is 21.2. The van der Waals surface area contributed by atoms with Gasteiger partial charge in [-0.15, -0.1) is 0 Å². The minimum Gasteiger partial charge on any atom is -0.478 e. The van der Waals surface area contributed by atoms with Gasteiger partial charge in [0.1, 0.15) is 5.69 Å². The van der Waals surface area contributed by atoms with Gasteiger partial charge < -0.3 is 14.5 Å². The van der Waals surface area contributed by atoms with Crippen LogP contribution in [0.25, 0.3) is 0 Å². The molecule has 0 aromatic carbocycles. The van der Waals surface area contributed by atoms with Gasteiger partial charge in [0.2, 0.25) is 5.88 Å². The molecule has 2 aliphatic heterocycles. The smallest absolute Gasteiger partial charge is 0.274 e. The number of likely N-dealkylation sites (tertiary alicyclic amines) is 2. The highest BCUT2D eigenvalue weighted by Gasteiger charge is 2.46.